The molecule has 0 spiro atoms. The largest absolute Gasteiger partial charge is 0.302 e. The van der Waals surface area contributed by atoms with E-state index in [4.69, 9.17) is 0 Å². The van der Waals surface area contributed by atoms with Gasteiger partial charge in [-0.05, 0) is 38.9 Å². The molecule has 0 saturated carbocycles. The summed E-state index contributed by atoms with van der Waals surface area (Å²) < 4.78 is 0. The third-order valence-corrected chi connectivity index (χ3v) is 4.36. The smallest absolute Gasteiger partial charge is 0.267 e. The molecule has 24 heavy (non-hydrogen) atoms. The molecule has 128 valence electrons. The van der Waals surface area contributed by atoms with Gasteiger partial charge in [0.25, 0.3) is 5.56 Å². The van der Waals surface area contributed by atoms with Crippen LogP contribution in [0.4, 0.5) is 0 Å². The van der Waals surface area contributed by atoms with E-state index in [0.717, 1.165) is 28.8 Å². The Labute approximate surface area is 147 Å². The molecule has 0 aliphatic heterocycles. The lowest BCUT2D eigenvalue weighted by Crippen LogP contribution is -2.33. The summed E-state index contributed by atoms with van der Waals surface area (Å²) in [5, 5.41) is 6.86. The van der Waals surface area contributed by atoms with Crippen molar-refractivity contribution >= 4 is 18.2 Å². The number of aromatic amines is 1. The highest BCUT2D eigenvalue weighted by atomic mass is 35.5. The highest BCUT2D eigenvalue weighted by Crippen LogP contribution is 2.30. The van der Waals surface area contributed by atoms with Gasteiger partial charge in [0.05, 0.1) is 12.2 Å². The van der Waals surface area contributed by atoms with E-state index in [2.05, 4.69) is 10.2 Å². The van der Waals surface area contributed by atoms with Crippen LogP contribution in [-0.2, 0) is 17.6 Å². The maximum Gasteiger partial charge on any atom is 0.267 e. The summed E-state index contributed by atoms with van der Waals surface area (Å²) in [7, 11) is 3.80. The molecule has 1 aliphatic rings. The van der Waals surface area contributed by atoms with Gasteiger partial charge in [0.1, 0.15) is 5.78 Å². The van der Waals surface area contributed by atoms with E-state index < -0.39 is 0 Å². The predicted molar refractivity (Wildman–Crippen MR) is 96.6 cm³/mol. The predicted octanol–water partition coefficient (Wildman–Crippen LogP) is 2.09. The van der Waals surface area contributed by atoms with Crippen LogP contribution in [0, 0.1) is 5.92 Å². The summed E-state index contributed by atoms with van der Waals surface area (Å²) >= 11 is 0. The van der Waals surface area contributed by atoms with E-state index in [1.807, 2.05) is 49.3 Å². The number of rotatable bonds is 4. The minimum absolute atomic E-state index is 0. The van der Waals surface area contributed by atoms with Crippen molar-refractivity contribution in [1.29, 1.82) is 0 Å². The van der Waals surface area contributed by atoms with Crippen molar-refractivity contribution in [3.05, 3.63) is 51.8 Å². The van der Waals surface area contributed by atoms with Crippen LogP contribution in [0.1, 0.15) is 17.5 Å². The average molecular weight is 348 g/mol. The number of likely N-dealkylation sites (N-methyl/N-ethyl adjacent to an activating group) is 1. The molecule has 1 atom stereocenters. The first-order valence-corrected chi connectivity index (χ1v) is 7.89. The van der Waals surface area contributed by atoms with Crippen LogP contribution in [0.3, 0.4) is 0 Å². The van der Waals surface area contributed by atoms with Gasteiger partial charge in [0, 0.05) is 17.0 Å². The number of aromatic nitrogens is 2. The first kappa shape index (κ1) is 18.4. The van der Waals surface area contributed by atoms with Gasteiger partial charge in [0.15, 0.2) is 0 Å². The molecule has 0 bridgehead atoms. The van der Waals surface area contributed by atoms with E-state index >= 15 is 0 Å². The average Bonchev–Trinajstić information content (AvgIpc) is 2.55. The molecule has 1 aromatic carbocycles. The second-order valence-electron chi connectivity index (χ2n) is 6.37. The van der Waals surface area contributed by atoms with Crippen molar-refractivity contribution in [1.82, 2.24) is 15.1 Å². The second-order valence-corrected chi connectivity index (χ2v) is 6.37. The Bertz CT molecular complexity index is 772. The Balaban J connectivity index is 0.00000208. The normalized spacial score (nSPS) is 16.4. The van der Waals surface area contributed by atoms with Crippen LogP contribution in [-0.4, -0.2) is 41.5 Å². The number of hydrogen-bond acceptors (Lipinski definition) is 4. The number of hydrogen-bond donors (Lipinski definition) is 1. The van der Waals surface area contributed by atoms with Gasteiger partial charge in [-0.15, -0.1) is 12.4 Å². The fourth-order valence-electron chi connectivity index (χ4n) is 3.22. The number of nitrogens with zero attached hydrogens (tertiary/aromatic N) is 2. The number of ketones is 1. The molecule has 0 radical (unpaired) electrons. The molecular weight excluding hydrogens is 326 g/mol. The number of Topliss-reactive ketones (excluding diaryl/α,β-unsaturated/α-hetero) is 1. The van der Waals surface area contributed by atoms with Gasteiger partial charge >= 0.3 is 0 Å². The minimum atomic E-state index is -0.127. The zero-order valence-corrected chi connectivity index (χ0v) is 14.7. The molecule has 1 aromatic heterocycles. The zero-order chi connectivity index (χ0) is 16.4. The number of carbonyl (C=O) groups is 1. The van der Waals surface area contributed by atoms with Crippen molar-refractivity contribution < 1.29 is 4.79 Å². The van der Waals surface area contributed by atoms with Gasteiger partial charge in [-0.3, -0.25) is 9.59 Å². The SMILES string of the molecule is CN(C)CC(=O)C1CCc2c(c(-c3ccccc3)n[nH]c2=O)C1.Cl. The fourth-order valence-corrected chi connectivity index (χ4v) is 3.22. The monoisotopic (exact) mass is 347 g/mol. The van der Waals surface area contributed by atoms with Gasteiger partial charge in [-0.25, -0.2) is 5.10 Å². The lowest BCUT2D eigenvalue weighted by atomic mass is 9.80. The van der Waals surface area contributed by atoms with Crippen molar-refractivity contribution in [2.75, 3.05) is 20.6 Å². The minimum Gasteiger partial charge on any atom is -0.302 e. The maximum atomic E-state index is 12.4. The van der Waals surface area contributed by atoms with E-state index in [1.165, 1.54) is 0 Å². The maximum absolute atomic E-state index is 12.4. The quantitative estimate of drug-likeness (QED) is 0.919. The highest BCUT2D eigenvalue weighted by Gasteiger charge is 2.29. The van der Waals surface area contributed by atoms with E-state index in [-0.39, 0.29) is 29.7 Å². The fraction of sp³-hybridized carbons (Fsp3) is 0.389. The van der Waals surface area contributed by atoms with Gasteiger partial charge in [-0.1, -0.05) is 30.3 Å². The second kappa shape index (κ2) is 7.73. The van der Waals surface area contributed by atoms with Crippen LogP contribution in [0.15, 0.2) is 35.1 Å². The Morgan fingerprint density at radius 1 is 1.25 bits per heavy atom. The summed E-state index contributed by atoms with van der Waals surface area (Å²) in [5.74, 6) is 0.205. The molecule has 1 N–H and O–H groups in total. The Kier molecular flexibility index (Phi) is 5.91. The van der Waals surface area contributed by atoms with Gasteiger partial charge in [0.2, 0.25) is 0 Å². The van der Waals surface area contributed by atoms with Crippen LogP contribution >= 0.6 is 12.4 Å². The van der Waals surface area contributed by atoms with Crippen LogP contribution in [0.2, 0.25) is 0 Å². The third kappa shape index (κ3) is 3.74. The lowest BCUT2D eigenvalue weighted by Gasteiger charge is -2.25. The molecule has 0 saturated heterocycles. The van der Waals surface area contributed by atoms with Gasteiger partial charge in [-0.2, -0.15) is 5.10 Å². The summed E-state index contributed by atoms with van der Waals surface area (Å²) in [6.07, 6.45) is 1.97. The van der Waals surface area contributed by atoms with E-state index in [0.29, 0.717) is 19.4 Å². The molecule has 1 aliphatic carbocycles. The number of nitrogens with one attached hydrogen (secondary N) is 1. The summed E-state index contributed by atoms with van der Waals surface area (Å²) in [6, 6.07) is 9.81. The summed E-state index contributed by atoms with van der Waals surface area (Å²) in [4.78, 5) is 26.4. The highest BCUT2D eigenvalue weighted by molar-refractivity contribution is 5.85. The summed E-state index contributed by atoms with van der Waals surface area (Å²) in [6.45, 7) is 0.442. The van der Waals surface area contributed by atoms with Crippen molar-refractivity contribution in [3.63, 3.8) is 0 Å². The first-order valence-electron chi connectivity index (χ1n) is 7.89. The van der Waals surface area contributed by atoms with Gasteiger partial charge < -0.3 is 4.90 Å². The molecule has 1 unspecified atom stereocenters. The number of benzene rings is 1. The number of halogens is 1. The lowest BCUT2D eigenvalue weighted by molar-refractivity contribution is -0.123. The molecule has 5 nitrogen and oxygen atoms in total. The molecule has 2 aromatic rings. The third-order valence-electron chi connectivity index (χ3n) is 4.36. The molecule has 1 heterocycles. The van der Waals surface area contributed by atoms with Crippen molar-refractivity contribution in [2.24, 2.45) is 5.92 Å². The topological polar surface area (TPSA) is 66.1 Å². The number of H-pyrrole nitrogens is 1. The van der Waals surface area contributed by atoms with Crippen LogP contribution in [0.5, 0.6) is 0 Å². The zero-order valence-electron chi connectivity index (χ0n) is 13.9. The van der Waals surface area contributed by atoms with Crippen LogP contribution < -0.4 is 5.56 Å². The Hall–Kier alpha value is -1.98. The molecule has 3 rings (SSSR count). The Morgan fingerprint density at radius 3 is 2.62 bits per heavy atom. The molecular formula is C18H22ClN3O2. The number of carbonyl (C=O) groups excluding carboxylic acids is 1. The van der Waals surface area contributed by atoms with Crippen molar-refractivity contribution in [3.8, 4) is 11.3 Å². The first-order chi connectivity index (χ1) is 11.1. The van der Waals surface area contributed by atoms with E-state index in [9.17, 15) is 9.59 Å². The molecule has 0 amide bonds. The standard InChI is InChI=1S/C18H21N3O2.ClH/c1-21(2)11-16(22)13-8-9-14-15(10-13)17(19-20-18(14)23)12-6-4-3-5-7-12;/h3-7,13H,8-11H2,1-2H3,(H,20,23);1H. The molecule has 0 fully saturated rings. The molecule has 6 heteroatoms. The van der Waals surface area contributed by atoms with E-state index in [1.54, 1.807) is 0 Å². The van der Waals surface area contributed by atoms with Crippen molar-refractivity contribution in [2.45, 2.75) is 19.3 Å². The van der Waals surface area contributed by atoms with Crippen LogP contribution in [0.25, 0.3) is 11.3 Å². The summed E-state index contributed by atoms with van der Waals surface area (Å²) in [5.41, 5.74) is 3.36. The Morgan fingerprint density at radius 2 is 1.96 bits per heavy atom. The number of fused-ring (bicyclic) bond motifs is 1.